The van der Waals surface area contributed by atoms with E-state index in [9.17, 15) is 0 Å². The van der Waals surface area contributed by atoms with Crippen LogP contribution in [0, 0.1) is 0 Å². The zero-order valence-electron chi connectivity index (χ0n) is 8.61. The molecule has 0 aromatic rings. The fraction of sp³-hybridized carbons (Fsp3) is 1.00. The van der Waals surface area contributed by atoms with Crippen molar-refractivity contribution in [2.45, 2.75) is 65.6 Å². The largest absolute Gasteiger partial charge is 0.373 e. The summed E-state index contributed by atoms with van der Waals surface area (Å²) in [5.41, 5.74) is 0.0237. The van der Waals surface area contributed by atoms with Crippen molar-refractivity contribution >= 4 is 0 Å². The quantitative estimate of drug-likeness (QED) is 0.609. The molecule has 0 saturated carbocycles. The van der Waals surface area contributed by atoms with Crippen LogP contribution in [0.2, 0.25) is 0 Å². The second-order valence-electron chi connectivity index (χ2n) is 4.05. The molecule has 0 N–H and O–H groups in total. The van der Waals surface area contributed by atoms with Crippen molar-refractivity contribution < 1.29 is 4.74 Å². The van der Waals surface area contributed by atoms with Crippen LogP contribution in [0.15, 0.2) is 0 Å². The molecule has 1 unspecified atom stereocenters. The molecular weight excluding hydrogens is 136 g/mol. The lowest BCUT2D eigenvalue weighted by Crippen LogP contribution is -2.26. The molecule has 1 nitrogen and oxygen atoms in total. The number of rotatable bonds is 4. The van der Waals surface area contributed by atoms with Crippen molar-refractivity contribution in [2.24, 2.45) is 0 Å². The third-order valence-electron chi connectivity index (χ3n) is 1.59. The number of hydrogen-bond donors (Lipinski definition) is 0. The Labute approximate surface area is 71.1 Å². The molecule has 0 spiro atoms. The van der Waals surface area contributed by atoms with Gasteiger partial charge in [-0.1, -0.05) is 20.3 Å². The Bertz CT molecular complexity index is 91.5. The van der Waals surface area contributed by atoms with E-state index in [1.807, 2.05) is 0 Å². The van der Waals surface area contributed by atoms with Gasteiger partial charge in [-0.25, -0.2) is 0 Å². The van der Waals surface area contributed by atoms with Gasteiger partial charge >= 0.3 is 0 Å². The first kappa shape index (κ1) is 11.0. The SMILES string of the molecule is CCCC(CC)OC(C)(C)C. The van der Waals surface area contributed by atoms with Gasteiger partial charge in [0, 0.05) is 0 Å². The second kappa shape index (κ2) is 4.76. The van der Waals surface area contributed by atoms with Crippen LogP contribution in [-0.4, -0.2) is 11.7 Å². The summed E-state index contributed by atoms with van der Waals surface area (Å²) < 4.78 is 5.83. The zero-order chi connectivity index (χ0) is 8.91. The van der Waals surface area contributed by atoms with Gasteiger partial charge in [-0.15, -0.1) is 0 Å². The summed E-state index contributed by atoms with van der Waals surface area (Å²) >= 11 is 0. The molecule has 0 aliphatic carbocycles. The van der Waals surface area contributed by atoms with Gasteiger partial charge in [0.05, 0.1) is 11.7 Å². The normalized spacial score (nSPS) is 15.0. The van der Waals surface area contributed by atoms with Crippen molar-refractivity contribution in [3.8, 4) is 0 Å². The first-order valence-corrected chi connectivity index (χ1v) is 4.67. The molecule has 1 heteroatoms. The summed E-state index contributed by atoms with van der Waals surface area (Å²) in [7, 11) is 0. The van der Waals surface area contributed by atoms with E-state index in [4.69, 9.17) is 4.74 Å². The van der Waals surface area contributed by atoms with Crippen LogP contribution < -0.4 is 0 Å². The highest BCUT2D eigenvalue weighted by molar-refractivity contribution is 4.64. The van der Waals surface area contributed by atoms with Crippen molar-refractivity contribution in [3.63, 3.8) is 0 Å². The van der Waals surface area contributed by atoms with Crippen LogP contribution in [0.25, 0.3) is 0 Å². The van der Waals surface area contributed by atoms with Crippen LogP contribution >= 0.6 is 0 Å². The molecule has 1 atom stereocenters. The molecule has 11 heavy (non-hydrogen) atoms. The molecule has 0 aromatic carbocycles. The van der Waals surface area contributed by atoms with Gasteiger partial charge < -0.3 is 4.74 Å². The first-order chi connectivity index (χ1) is 4.99. The molecule has 0 aromatic heterocycles. The summed E-state index contributed by atoms with van der Waals surface area (Å²) in [6, 6.07) is 0. The summed E-state index contributed by atoms with van der Waals surface area (Å²) in [4.78, 5) is 0. The van der Waals surface area contributed by atoms with Gasteiger partial charge in [-0.2, -0.15) is 0 Å². The Balaban J connectivity index is 3.68. The topological polar surface area (TPSA) is 9.23 Å². The Hall–Kier alpha value is -0.0400. The van der Waals surface area contributed by atoms with Crippen LogP contribution in [0.1, 0.15) is 53.9 Å². The molecule has 0 rings (SSSR count). The lowest BCUT2D eigenvalue weighted by Gasteiger charge is -2.26. The Morgan fingerprint density at radius 2 is 1.73 bits per heavy atom. The average Bonchev–Trinajstić information content (AvgIpc) is 1.84. The average molecular weight is 158 g/mol. The van der Waals surface area contributed by atoms with E-state index >= 15 is 0 Å². The second-order valence-corrected chi connectivity index (χ2v) is 4.05. The van der Waals surface area contributed by atoms with Crippen molar-refractivity contribution in [1.29, 1.82) is 0 Å². The Morgan fingerprint density at radius 1 is 1.18 bits per heavy atom. The van der Waals surface area contributed by atoms with Gasteiger partial charge in [0.15, 0.2) is 0 Å². The smallest absolute Gasteiger partial charge is 0.0602 e. The highest BCUT2D eigenvalue weighted by Crippen LogP contribution is 2.16. The van der Waals surface area contributed by atoms with E-state index in [0.717, 1.165) is 6.42 Å². The highest BCUT2D eigenvalue weighted by Gasteiger charge is 2.15. The van der Waals surface area contributed by atoms with Gasteiger partial charge in [-0.05, 0) is 33.6 Å². The predicted octanol–water partition coefficient (Wildman–Crippen LogP) is 3.38. The Kier molecular flexibility index (Phi) is 4.74. The van der Waals surface area contributed by atoms with E-state index in [-0.39, 0.29) is 5.60 Å². The van der Waals surface area contributed by atoms with Crippen molar-refractivity contribution in [3.05, 3.63) is 0 Å². The maximum Gasteiger partial charge on any atom is 0.0602 e. The van der Waals surface area contributed by atoms with E-state index in [0.29, 0.717) is 6.10 Å². The maximum atomic E-state index is 5.83. The summed E-state index contributed by atoms with van der Waals surface area (Å²) in [5.74, 6) is 0. The molecule has 0 saturated heterocycles. The van der Waals surface area contributed by atoms with Gasteiger partial charge in [0.25, 0.3) is 0 Å². The molecule has 0 aliphatic rings. The highest BCUT2D eigenvalue weighted by atomic mass is 16.5. The van der Waals surface area contributed by atoms with Gasteiger partial charge in [-0.3, -0.25) is 0 Å². The number of ether oxygens (including phenoxy) is 1. The fourth-order valence-electron chi connectivity index (χ4n) is 1.17. The molecule has 0 aliphatic heterocycles. The fourth-order valence-corrected chi connectivity index (χ4v) is 1.17. The van der Waals surface area contributed by atoms with E-state index in [2.05, 4.69) is 34.6 Å². The molecule has 0 amide bonds. The standard InChI is InChI=1S/C10H22O/c1-6-8-9(7-2)11-10(3,4)5/h9H,6-8H2,1-5H3. The molecule has 0 fully saturated rings. The number of hydrogen-bond acceptors (Lipinski definition) is 1. The van der Waals surface area contributed by atoms with Crippen LogP contribution in [0.3, 0.4) is 0 Å². The minimum atomic E-state index is 0.0237. The summed E-state index contributed by atoms with van der Waals surface area (Å²) in [5, 5.41) is 0. The van der Waals surface area contributed by atoms with E-state index < -0.39 is 0 Å². The summed E-state index contributed by atoms with van der Waals surface area (Å²) in [6.45, 7) is 10.7. The van der Waals surface area contributed by atoms with Gasteiger partial charge in [0.1, 0.15) is 0 Å². The predicted molar refractivity (Wildman–Crippen MR) is 49.8 cm³/mol. The summed E-state index contributed by atoms with van der Waals surface area (Å²) in [6.07, 6.45) is 3.99. The van der Waals surface area contributed by atoms with Gasteiger partial charge in [0.2, 0.25) is 0 Å². The minimum Gasteiger partial charge on any atom is -0.373 e. The Morgan fingerprint density at radius 3 is 2.00 bits per heavy atom. The lowest BCUT2D eigenvalue weighted by atomic mass is 10.1. The van der Waals surface area contributed by atoms with Crippen LogP contribution in [0.5, 0.6) is 0 Å². The van der Waals surface area contributed by atoms with Crippen molar-refractivity contribution in [1.82, 2.24) is 0 Å². The molecule has 0 heterocycles. The van der Waals surface area contributed by atoms with Crippen molar-refractivity contribution in [2.75, 3.05) is 0 Å². The third-order valence-corrected chi connectivity index (χ3v) is 1.59. The molecule has 0 radical (unpaired) electrons. The van der Waals surface area contributed by atoms with Crippen LogP contribution in [0.4, 0.5) is 0 Å². The molecule has 68 valence electrons. The zero-order valence-corrected chi connectivity index (χ0v) is 8.61. The van der Waals surface area contributed by atoms with E-state index in [1.165, 1.54) is 12.8 Å². The maximum absolute atomic E-state index is 5.83. The first-order valence-electron chi connectivity index (χ1n) is 4.67. The molecule has 0 bridgehead atoms. The van der Waals surface area contributed by atoms with E-state index in [1.54, 1.807) is 0 Å². The minimum absolute atomic E-state index is 0.0237. The van der Waals surface area contributed by atoms with Crippen LogP contribution in [-0.2, 0) is 4.74 Å². The lowest BCUT2D eigenvalue weighted by molar-refractivity contribution is -0.0642. The molecular formula is C10H22O. The monoisotopic (exact) mass is 158 g/mol. The third kappa shape index (κ3) is 6.36.